The van der Waals surface area contributed by atoms with Crippen molar-refractivity contribution in [3.8, 4) is 0 Å². The van der Waals surface area contributed by atoms with E-state index in [2.05, 4.69) is 28.9 Å². The molecule has 1 aromatic heterocycles. The van der Waals surface area contributed by atoms with Crippen molar-refractivity contribution in [3.05, 3.63) is 65.5 Å². The average Bonchev–Trinajstić information content (AvgIpc) is 2.58. The lowest BCUT2D eigenvalue weighted by atomic mass is 9.74. The van der Waals surface area contributed by atoms with E-state index in [1.54, 1.807) is 12.4 Å². The monoisotopic (exact) mass is 324 g/mol. The highest BCUT2D eigenvalue weighted by molar-refractivity contribution is 5.75. The molecule has 0 aliphatic carbocycles. The van der Waals surface area contributed by atoms with E-state index in [9.17, 15) is 9.90 Å². The maximum absolute atomic E-state index is 12.2. The highest BCUT2D eigenvalue weighted by Crippen LogP contribution is 2.35. The van der Waals surface area contributed by atoms with Gasteiger partial charge in [-0.1, -0.05) is 24.3 Å². The van der Waals surface area contributed by atoms with Crippen LogP contribution in [0.4, 0.5) is 0 Å². The molecular weight excluding hydrogens is 300 g/mol. The lowest BCUT2D eigenvalue weighted by Gasteiger charge is -2.40. The van der Waals surface area contributed by atoms with Gasteiger partial charge in [0, 0.05) is 25.5 Å². The summed E-state index contributed by atoms with van der Waals surface area (Å²) in [4.78, 5) is 18.5. The number of pyridine rings is 1. The topological polar surface area (TPSA) is 53.4 Å². The Labute approximate surface area is 143 Å². The predicted molar refractivity (Wildman–Crippen MR) is 93.7 cm³/mol. The van der Waals surface area contributed by atoms with Crippen LogP contribution in [0.3, 0.4) is 0 Å². The molecule has 1 aromatic carbocycles. The van der Waals surface area contributed by atoms with Gasteiger partial charge < -0.3 is 5.11 Å². The Bertz CT molecular complexity index is 702. The molecule has 1 aliphatic heterocycles. The zero-order valence-corrected chi connectivity index (χ0v) is 14.1. The van der Waals surface area contributed by atoms with Crippen molar-refractivity contribution in [1.82, 2.24) is 9.88 Å². The van der Waals surface area contributed by atoms with Gasteiger partial charge in [-0.15, -0.1) is 0 Å². The fourth-order valence-electron chi connectivity index (χ4n) is 3.68. The summed E-state index contributed by atoms with van der Waals surface area (Å²) in [5.74, 6) is -0.676. The van der Waals surface area contributed by atoms with Gasteiger partial charge in [0.2, 0.25) is 0 Å². The average molecular weight is 324 g/mol. The van der Waals surface area contributed by atoms with Crippen molar-refractivity contribution in [2.24, 2.45) is 5.41 Å². The van der Waals surface area contributed by atoms with Crippen LogP contribution in [0.5, 0.6) is 0 Å². The quantitative estimate of drug-likeness (QED) is 0.917. The number of hydrogen-bond acceptors (Lipinski definition) is 3. The number of rotatable bonds is 5. The number of hydrogen-bond donors (Lipinski definition) is 1. The van der Waals surface area contributed by atoms with Crippen molar-refractivity contribution < 1.29 is 9.90 Å². The van der Waals surface area contributed by atoms with Gasteiger partial charge in [-0.05, 0) is 61.6 Å². The normalized spacial score (nSPS) is 21.5. The zero-order chi connectivity index (χ0) is 17.0. The molecule has 2 heterocycles. The molecule has 0 saturated carbocycles. The molecule has 24 heavy (non-hydrogen) atoms. The van der Waals surface area contributed by atoms with Crippen LogP contribution >= 0.6 is 0 Å². The first-order valence-electron chi connectivity index (χ1n) is 8.48. The second-order valence-corrected chi connectivity index (χ2v) is 6.86. The first-order chi connectivity index (χ1) is 11.6. The van der Waals surface area contributed by atoms with Crippen LogP contribution in [-0.2, 0) is 17.8 Å². The smallest absolute Gasteiger partial charge is 0.311 e. The fraction of sp³-hybridized carbons (Fsp3) is 0.400. The number of aliphatic carboxylic acids is 1. The minimum atomic E-state index is -0.697. The number of carbonyl (C=O) groups is 1. The number of carboxylic acid groups (broad SMARTS) is 1. The molecule has 0 radical (unpaired) electrons. The zero-order valence-electron chi connectivity index (χ0n) is 14.1. The summed E-state index contributed by atoms with van der Waals surface area (Å²) in [6, 6.07) is 12.1. The molecule has 1 aliphatic rings. The van der Waals surface area contributed by atoms with E-state index in [1.165, 1.54) is 11.1 Å². The molecule has 1 fully saturated rings. The first kappa shape index (κ1) is 16.7. The summed E-state index contributed by atoms with van der Waals surface area (Å²) in [6.07, 6.45) is 5.84. The standard InChI is InChI=1S/C20H24N2O2/c1-16-5-2-3-6-18(16)13-20(19(23)24)9-4-12-22(15-20)14-17-7-10-21-11-8-17/h2-3,5-8,10-11H,4,9,12-15H2,1H3,(H,23,24). The van der Waals surface area contributed by atoms with E-state index in [-0.39, 0.29) is 0 Å². The second-order valence-electron chi connectivity index (χ2n) is 6.86. The molecule has 1 saturated heterocycles. The summed E-state index contributed by atoms with van der Waals surface area (Å²) in [6.45, 7) is 4.39. The van der Waals surface area contributed by atoms with Crippen molar-refractivity contribution in [2.45, 2.75) is 32.7 Å². The van der Waals surface area contributed by atoms with Crippen molar-refractivity contribution in [1.29, 1.82) is 0 Å². The van der Waals surface area contributed by atoms with Crippen LogP contribution in [0.15, 0.2) is 48.8 Å². The third-order valence-electron chi connectivity index (χ3n) is 5.06. The fourth-order valence-corrected chi connectivity index (χ4v) is 3.68. The Morgan fingerprint density at radius 1 is 1.25 bits per heavy atom. The van der Waals surface area contributed by atoms with E-state index >= 15 is 0 Å². The summed E-state index contributed by atoms with van der Waals surface area (Å²) >= 11 is 0. The molecular formula is C20H24N2O2. The minimum absolute atomic E-state index is 0.596. The van der Waals surface area contributed by atoms with Crippen LogP contribution in [0.2, 0.25) is 0 Å². The number of aromatic nitrogens is 1. The molecule has 3 rings (SSSR count). The molecule has 126 valence electrons. The van der Waals surface area contributed by atoms with E-state index in [0.29, 0.717) is 13.0 Å². The summed E-state index contributed by atoms with van der Waals surface area (Å²) in [5, 5.41) is 9.99. The number of nitrogens with zero attached hydrogens (tertiary/aromatic N) is 2. The number of likely N-dealkylation sites (tertiary alicyclic amines) is 1. The molecule has 4 nitrogen and oxygen atoms in total. The van der Waals surface area contributed by atoms with Gasteiger partial charge in [-0.25, -0.2) is 0 Å². The van der Waals surface area contributed by atoms with Crippen LogP contribution in [0, 0.1) is 12.3 Å². The lowest BCUT2D eigenvalue weighted by Crippen LogP contribution is -2.48. The Hall–Kier alpha value is -2.20. The van der Waals surface area contributed by atoms with Gasteiger partial charge >= 0.3 is 5.97 Å². The third kappa shape index (κ3) is 3.65. The largest absolute Gasteiger partial charge is 0.481 e. The molecule has 0 bridgehead atoms. The third-order valence-corrected chi connectivity index (χ3v) is 5.06. The number of aryl methyl sites for hydroxylation is 1. The first-order valence-corrected chi connectivity index (χ1v) is 8.48. The number of benzene rings is 1. The molecule has 0 amide bonds. The van der Waals surface area contributed by atoms with Gasteiger partial charge in [-0.2, -0.15) is 0 Å². The maximum Gasteiger partial charge on any atom is 0.311 e. The molecule has 4 heteroatoms. The van der Waals surface area contributed by atoms with E-state index in [4.69, 9.17) is 0 Å². The van der Waals surface area contributed by atoms with Crippen molar-refractivity contribution in [2.75, 3.05) is 13.1 Å². The maximum atomic E-state index is 12.2. The Morgan fingerprint density at radius 3 is 2.71 bits per heavy atom. The Morgan fingerprint density at radius 2 is 2.00 bits per heavy atom. The van der Waals surface area contributed by atoms with Gasteiger partial charge in [0.25, 0.3) is 0 Å². The van der Waals surface area contributed by atoms with Crippen LogP contribution in [-0.4, -0.2) is 34.0 Å². The minimum Gasteiger partial charge on any atom is -0.481 e. The highest BCUT2D eigenvalue weighted by Gasteiger charge is 2.42. The van der Waals surface area contributed by atoms with Gasteiger partial charge in [-0.3, -0.25) is 14.7 Å². The van der Waals surface area contributed by atoms with E-state index in [1.807, 2.05) is 24.3 Å². The lowest BCUT2D eigenvalue weighted by molar-refractivity contribution is -0.152. The summed E-state index contributed by atoms with van der Waals surface area (Å²) in [5.41, 5.74) is 2.80. The molecule has 1 N–H and O–H groups in total. The molecule has 1 atom stereocenters. The molecule has 1 unspecified atom stereocenters. The van der Waals surface area contributed by atoms with E-state index in [0.717, 1.165) is 31.5 Å². The highest BCUT2D eigenvalue weighted by atomic mass is 16.4. The second kappa shape index (κ2) is 7.14. The van der Waals surface area contributed by atoms with Crippen molar-refractivity contribution in [3.63, 3.8) is 0 Å². The SMILES string of the molecule is Cc1ccccc1CC1(C(=O)O)CCCN(Cc2ccncc2)C1. The Balaban J connectivity index is 1.79. The van der Waals surface area contributed by atoms with E-state index < -0.39 is 11.4 Å². The summed E-state index contributed by atoms with van der Waals surface area (Å²) < 4.78 is 0. The van der Waals surface area contributed by atoms with Crippen LogP contribution in [0.25, 0.3) is 0 Å². The van der Waals surface area contributed by atoms with Gasteiger partial charge in [0.05, 0.1) is 5.41 Å². The molecule has 0 spiro atoms. The number of carboxylic acids is 1. The van der Waals surface area contributed by atoms with Crippen molar-refractivity contribution >= 4 is 5.97 Å². The Kier molecular flexibility index (Phi) is 4.95. The van der Waals surface area contributed by atoms with Gasteiger partial charge in [0.15, 0.2) is 0 Å². The predicted octanol–water partition coefficient (Wildman–Crippen LogP) is 3.30. The number of piperidine rings is 1. The van der Waals surface area contributed by atoms with Crippen LogP contribution < -0.4 is 0 Å². The molecule has 2 aromatic rings. The van der Waals surface area contributed by atoms with Gasteiger partial charge in [0.1, 0.15) is 0 Å². The van der Waals surface area contributed by atoms with Crippen LogP contribution in [0.1, 0.15) is 29.5 Å². The summed E-state index contributed by atoms with van der Waals surface area (Å²) in [7, 11) is 0.